The van der Waals surface area contributed by atoms with Crippen molar-refractivity contribution in [2.24, 2.45) is 0 Å². The van der Waals surface area contributed by atoms with E-state index in [1.54, 1.807) is 42.5 Å². The predicted molar refractivity (Wildman–Crippen MR) is 103 cm³/mol. The third-order valence-corrected chi connectivity index (χ3v) is 6.28. The summed E-state index contributed by atoms with van der Waals surface area (Å²) in [6.07, 6.45) is 2.48. The Kier molecular flexibility index (Phi) is 5.41. The SMILES string of the molecule is C=CC(=O)NCc1ccc(C(=O)Nc2ccc3c(c2)CCCS3(=O)=O)cc1. The summed E-state index contributed by atoms with van der Waals surface area (Å²) in [5.41, 5.74) is 2.64. The first-order chi connectivity index (χ1) is 12.9. The summed E-state index contributed by atoms with van der Waals surface area (Å²) >= 11 is 0. The fraction of sp³-hybridized carbons (Fsp3) is 0.200. The monoisotopic (exact) mass is 384 g/mol. The molecule has 2 aromatic rings. The Morgan fingerprint density at radius 3 is 2.56 bits per heavy atom. The number of fused-ring (bicyclic) bond motifs is 1. The molecule has 2 N–H and O–H groups in total. The van der Waals surface area contributed by atoms with E-state index in [1.165, 1.54) is 6.08 Å². The van der Waals surface area contributed by atoms with Gasteiger partial charge in [-0.25, -0.2) is 8.42 Å². The molecule has 3 rings (SSSR count). The first kappa shape index (κ1) is 18.8. The average molecular weight is 384 g/mol. The molecule has 0 saturated heterocycles. The summed E-state index contributed by atoms with van der Waals surface area (Å²) in [6, 6.07) is 11.8. The molecule has 0 saturated carbocycles. The molecule has 0 unspecified atom stereocenters. The Labute approximate surface area is 158 Å². The van der Waals surface area contributed by atoms with E-state index in [0.717, 1.165) is 11.1 Å². The molecule has 0 spiro atoms. The highest BCUT2D eigenvalue weighted by Crippen LogP contribution is 2.27. The van der Waals surface area contributed by atoms with E-state index in [2.05, 4.69) is 17.2 Å². The van der Waals surface area contributed by atoms with Crippen molar-refractivity contribution < 1.29 is 18.0 Å². The Hall–Kier alpha value is -2.93. The Morgan fingerprint density at radius 2 is 1.85 bits per heavy atom. The van der Waals surface area contributed by atoms with E-state index < -0.39 is 9.84 Å². The molecule has 27 heavy (non-hydrogen) atoms. The van der Waals surface area contributed by atoms with Crippen molar-refractivity contribution in [2.75, 3.05) is 11.1 Å². The number of benzene rings is 2. The highest BCUT2D eigenvalue weighted by atomic mass is 32.2. The van der Waals surface area contributed by atoms with Crippen LogP contribution in [0.5, 0.6) is 0 Å². The molecule has 1 aliphatic heterocycles. The van der Waals surface area contributed by atoms with Gasteiger partial charge in [-0.1, -0.05) is 18.7 Å². The number of hydrogen-bond acceptors (Lipinski definition) is 4. The molecular formula is C20H20N2O4S. The summed E-state index contributed by atoms with van der Waals surface area (Å²) in [6.45, 7) is 3.74. The van der Waals surface area contributed by atoms with Crippen LogP contribution in [0.15, 0.2) is 60.0 Å². The van der Waals surface area contributed by atoms with Gasteiger partial charge in [0, 0.05) is 17.8 Å². The van der Waals surface area contributed by atoms with Gasteiger partial charge in [0.2, 0.25) is 5.91 Å². The summed E-state index contributed by atoms with van der Waals surface area (Å²) in [5.74, 6) is -0.368. The van der Waals surface area contributed by atoms with Crippen molar-refractivity contribution in [3.63, 3.8) is 0 Å². The van der Waals surface area contributed by atoms with Crippen LogP contribution in [0.4, 0.5) is 5.69 Å². The third-order valence-electron chi connectivity index (χ3n) is 4.38. The molecule has 0 aromatic heterocycles. The van der Waals surface area contributed by atoms with E-state index in [-0.39, 0.29) is 17.6 Å². The van der Waals surface area contributed by atoms with Gasteiger partial charge in [0.15, 0.2) is 9.84 Å². The van der Waals surface area contributed by atoms with Crippen molar-refractivity contribution in [2.45, 2.75) is 24.3 Å². The van der Waals surface area contributed by atoms with E-state index in [4.69, 9.17) is 0 Å². The zero-order chi connectivity index (χ0) is 19.4. The molecule has 0 fully saturated rings. The fourth-order valence-corrected chi connectivity index (χ4v) is 4.54. The first-order valence-corrected chi connectivity index (χ1v) is 10.2. The molecule has 0 atom stereocenters. The van der Waals surface area contributed by atoms with Crippen LogP contribution < -0.4 is 10.6 Å². The van der Waals surface area contributed by atoms with Gasteiger partial charge >= 0.3 is 0 Å². The van der Waals surface area contributed by atoms with Crippen LogP contribution in [-0.2, 0) is 27.6 Å². The second-order valence-electron chi connectivity index (χ2n) is 6.32. The predicted octanol–water partition coefficient (Wildman–Crippen LogP) is 2.46. The highest BCUT2D eigenvalue weighted by molar-refractivity contribution is 7.91. The third kappa shape index (κ3) is 4.43. The van der Waals surface area contributed by atoms with Crippen LogP contribution in [0, 0.1) is 0 Å². The summed E-state index contributed by atoms with van der Waals surface area (Å²) in [7, 11) is -3.21. The Morgan fingerprint density at radius 1 is 1.11 bits per heavy atom. The van der Waals surface area contributed by atoms with Gasteiger partial charge in [0.1, 0.15) is 0 Å². The molecular weight excluding hydrogens is 364 g/mol. The van der Waals surface area contributed by atoms with Crippen LogP contribution in [0.1, 0.15) is 27.9 Å². The van der Waals surface area contributed by atoms with Gasteiger partial charge in [-0.3, -0.25) is 9.59 Å². The van der Waals surface area contributed by atoms with E-state index in [1.807, 2.05) is 0 Å². The number of amides is 2. The molecule has 2 aromatic carbocycles. The van der Waals surface area contributed by atoms with Crippen molar-refractivity contribution in [3.8, 4) is 0 Å². The zero-order valence-electron chi connectivity index (χ0n) is 14.7. The summed E-state index contributed by atoms with van der Waals surface area (Å²) in [5, 5.41) is 5.46. The van der Waals surface area contributed by atoms with Crippen LogP contribution in [0.25, 0.3) is 0 Å². The Balaban J connectivity index is 1.69. The van der Waals surface area contributed by atoms with E-state index >= 15 is 0 Å². The van der Waals surface area contributed by atoms with Gasteiger partial charge in [-0.2, -0.15) is 0 Å². The van der Waals surface area contributed by atoms with Crippen molar-refractivity contribution in [3.05, 3.63) is 71.8 Å². The average Bonchev–Trinajstić information content (AvgIpc) is 2.66. The lowest BCUT2D eigenvalue weighted by Crippen LogP contribution is -2.20. The number of carbonyl (C=O) groups is 2. The number of nitrogens with one attached hydrogen (secondary N) is 2. The minimum Gasteiger partial charge on any atom is -0.348 e. The molecule has 2 amide bonds. The summed E-state index contributed by atoms with van der Waals surface area (Å²) < 4.78 is 24.1. The van der Waals surface area contributed by atoms with Crippen molar-refractivity contribution in [1.82, 2.24) is 5.32 Å². The maximum atomic E-state index is 12.4. The highest BCUT2D eigenvalue weighted by Gasteiger charge is 2.23. The quantitative estimate of drug-likeness (QED) is 0.775. The molecule has 140 valence electrons. The standard InChI is InChI=1S/C20H20N2O4S/c1-2-19(23)21-13-14-5-7-15(8-6-14)20(24)22-17-9-10-18-16(12-17)4-3-11-27(18,25)26/h2,5-10,12H,1,3-4,11,13H2,(H,21,23)(H,22,24). The Bertz CT molecular complexity index is 995. The smallest absolute Gasteiger partial charge is 0.255 e. The number of hydrogen-bond donors (Lipinski definition) is 2. The minimum absolute atomic E-state index is 0.172. The molecule has 6 nitrogen and oxygen atoms in total. The molecule has 0 bridgehead atoms. The number of anilines is 1. The molecule has 0 aliphatic carbocycles. The minimum atomic E-state index is -3.21. The van der Waals surface area contributed by atoms with Gasteiger partial charge in [-0.15, -0.1) is 0 Å². The first-order valence-electron chi connectivity index (χ1n) is 8.55. The van der Waals surface area contributed by atoms with Gasteiger partial charge in [-0.05, 0) is 60.4 Å². The van der Waals surface area contributed by atoms with Crippen LogP contribution >= 0.6 is 0 Å². The van der Waals surface area contributed by atoms with Gasteiger partial charge in [0.25, 0.3) is 5.91 Å². The fourth-order valence-electron chi connectivity index (χ4n) is 2.96. The lowest BCUT2D eigenvalue weighted by Gasteiger charge is -2.17. The second-order valence-corrected chi connectivity index (χ2v) is 8.40. The van der Waals surface area contributed by atoms with Gasteiger partial charge < -0.3 is 10.6 Å². The van der Waals surface area contributed by atoms with Crippen LogP contribution in [0.3, 0.4) is 0 Å². The van der Waals surface area contributed by atoms with E-state index in [0.29, 0.717) is 35.5 Å². The molecule has 1 heterocycles. The van der Waals surface area contributed by atoms with E-state index in [9.17, 15) is 18.0 Å². The van der Waals surface area contributed by atoms with Crippen molar-refractivity contribution >= 4 is 27.3 Å². The topological polar surface area (TPSA) is 92.3 Å². The van der Waals surface area contributed by atoms with Crippen molar-refractivity contribution in [1.29, 1.82) is 0 Å². The number of carbonyl (C=O) groups excluding carboxylic acids is 2. The normalized spacial score (nSPS) is 14.7. The number of aryl methyl sites for hydroxylation is 1. The maximum Gasteiger partial charge on any atom is 0.255 e. The lowest BCUT2D eigenvalue weighted by molar-refractivity contribution is -0.116. The van der Waals surface area contributed by atoms with Crippen LogP contribution in [-0.4, -0.2) is 26.0 Å². The molecule has 1 aliphatic rings. The second kappa shape index (κ2) is 7.75. The van der Waals surface area contributed by atoms with Crippen LogP contribution in [0.2, 0.25) is 0 Å². The zero-order valence-corrected chi connectivity index (χ0v) is 15.5. The largest absolute Gasteiger partial charge is 0.348 e. The molecule has 7 heteroatoms. The number of rotatable bonds is 5. The maximum absolute atomic E-state index is 12.4. The molecule has 0 radical (unpaired) electrons. The van der Waals surface area contributed by atoms with Gasteiger partial charge in [0.05, 0.1) is 10.6 Å². The summed E-state index contributed by atoms with van der Waals surface area (Å²) in [4.78, 5) is 24.0. The number of sulfone groups is 1. The lowest BCUT2D eigenvalue weighted by atomic mass is 10.1.